The lowest BCUT2D eigenvalue weighted by Crippen LogP contribution is -2.19. The van der Waals surface area contributed by atoms with E-state index in [1.165, 1.54) is 22.9 Å². The van der Waals surface area contributed by atoms with Crippen LogP contribution in [-0.4, -0.2) is 10.4 Å². The summed E-state index contributed by atoms with van der Waals surface area (Å²) in [6.45, 7) is 0. The third-order valence-electron chi connectivity index (χ3n) is 3.32. The fraction of sp³-hybridized carbons (Fsp3) is 0. The Hall–Kier alpha value is -2.65. The number of halogens is 1. The number of benzene rings is 2. The Morgan fingerprint density at radius 2 is 1.55 bits per heavy atom. The summed E-state index contributed by atoms with van der Waals surface area (Å²) in [6, 6.07) is 18.9. The molecule has 0 radical (unpaired) electrons. The van der Waals surface area contributed by atoms with Crippen molar-refractivity contribution in [2.75, 3.05) is 0 Å². The minimum Gasteiger partial charge on any atom is -0.289 e. The number of nitrogens with zero attached hydrogens (tertiary/aromatic N) is 1. The van der Waals surface area contributed by atoms with E-state index in [0.717, 1.165) is 0 Å². The third-order valence-corrected chi connectivity index (χ3v) is 3.54. The van der Waals surface area contributed by atoms with Crippen LogP contribution < -0.4 is 5.56 Å². The molecule has 3 aromatic rings. The van der Waals surface area contributed by atoms with Crippen molar-refractivity contribution in [2.24, 2.45) is 0 Å². The zero-order valence-corrected chi connectivity index (χ0v) is 12.3. The Labute approximate surface area is 132 Å². The summed E-state index contributed by atoms with van der Waals surface area (Å²) in [5.74, 6) is -0.136. The predicted octanol–water partition coefficient (Wildman–Crippen LogP) is 3.72. The van der Waals surface area contributed by atoms with Crippen LogP contribution in [0.3, 0.4) is 0 Å². The lowest BCUT2D eigenvalue weighted by Gasteiger charge is -2.11. The minimum atomic E-state index is -0.238. The van der Waals surface area contributed by atoms with Gasteiger partial charge >= 0.3 is 0 Å². The summed E-state index contributed by atoms with van der Waals surface area (Å²) in [4.78, 5) is 24.8. The molecule has 0 N–H and O–H groups in total. The lowest BCUT2D eigenvalue weighted by atomic mass is 10.0. The summed E-state index contributed by atoms with van der Waals surface area (Å²) < 4.78 is 1.39. The first kappa shape index (κ1) is 14.3. The van der Waals surface area contributed by atoms with E-state index in [1.807, 2.05) is 6.07 Å². The van der Waals surface area contributed by atoms with E-state index in [4.69, 9.17) is 11.6 Å². The van der Waals surface area contributed by atoms with Gasteiger partial charge in [0.05, 0.1) is 10.7 Å². The molecule has 1 aromatic heterocycles. The molecule has 0 fully saturated rings. The van der Waals surface area contributed by atoms with Gasteiger partial charge < -0.3 is 0 Å². The molecule has 3 nitrogen and oxygen atoms in total. The van der Waals surface area contributed by atoms with Crippen LogP contribution in [0.1, 0.15) is 15.9 Å². The van der Waals surface area contributed by atoms with Gasteiger partial charge in [-0.15, -0.1) is 0 Å². The van der Waals surface area contributed by atoms with Crippen LogP contribution in [-0.2, 0) is 0 Å². The molecular formula is C18H12ClNO2. The first-order valence-corrected chi connectivity index (χ1v) is 7.12. The number of ketones is 1. The molecule has 0 bridgehead atoms. The van der Waals surface area contributed by atoms with E-state index in [1.54, 1.807) is 48.5 Å². The number of pyridine rings is 1. The molecule has 22 heavy (non-hydrogen) atoms. The molecule has 4 heteroatoms. The normalized spacial score (nSPS) is 10.4. The van der Waals surface area contributed by atoms with Crippen molar-refractivity contribution in [2.45, 2.75) is 0 Å². The zero-order valence-electron chi connectivity index (χ0n) is 11.6. The molecule has 0 atom stereocenters. The number of hydrogen-bond acceptors (Lipinski definition) is 2. The zero-order chi connectivity index (χ0) is 15.5. The second-order valence-corrected chi connectivity index (χ2v) is 5.20. The molecule has 0 unspecified atom stereocenters. The van der Waals surface area contributed by atoms with Gasteiger partial charge in [-0.1, -0.05) is 54.1 Å². The number of carbonyl (C=O) groups excluding carboxylic acids is 1. The predicted molar refractivity (Wildman–Crippen MR) is 86.9 cm³/mol. The largest absolute Gasteiger partial charge is 0.289 e. The summed E-state index contributed by atoms with van der Waals surface area (Å²) >= 11 is 5.97. The number of hydrogen-bond donors (Lipinski definition) is 0. The standard InChI is InChI=1S/C18H12ClNO2/c19-14-10-11-17(21)20(12-14)16-9-5-4-8-15(16)18(22)13-6-2-1-3-7-13/h1-12H. The van der Waals surface area contributed by atoms with E-state index in [0.29, 0.717) is 21.8 Å². The highest BCUT2D eigenvalue weighted by Crippen LogP contribution is 2.18. The monoisotopic (exact) mass is 309 g/mol. The van der Waals surface area contributed by atoms with Crippen molar-refractivity contribution in [1.82, 2.24) is 4.57 Å². The fourth-order valence-electron chi connectivity index (χ4n) is 2.27. The minimum absolute atomic E-state index is 0.136. The molecule has 0 amide bonds. The second-order valence-electron chi connectivity index (χ2n) is 4.77. The highest BCUT2D eigenvalue weighted by atomic mass is 35.5. The van der Waals surface area contributed by atoms with E-state index in [9.17, 15) is 9.59 Å². The van der Waals surface area contributed by atoms with Gasteiger partial charge in [-0.25, -0.2) is 0 Å². The number of para-hydroxylation sites is 1. The van der Waals surface area contributed by atoms with Gasteiger partial charge in [-0.3, -0.25) is 14.2 Å². The molecule has 3 rings (SSSR count). The van der Waals surface area contributed by atoms with Crippen LogP contribution in [0.4, 0.5) is 0 Å². The molecule has 0 saturated heterocycles. The summed E-state index contributed by atoms with van der Waals surface area (Å²) in [7, 11) is 0. The average molecular weight is 310 g/mol. The highest BCUT2D eigenvalue weighted by molar-refractivity contribution is 6.30. The van der Waals surface area contributed by atoms with Gasteiger partial charge in [0.2, 0.25) is 0 Å². The molecular weight excluding hydrogens is 298 g/mol. The Morgan fingerprint density at radius 1 is 0.864 bits per heavy atom. The van der Waals surface area contributed by atoms with Gasteiger partial charge in [-0.2, -0.15) is 0 Å². The molecule has 0 aliphatic carbocycles. The second kappa shape index (κ2) is 6.00. The van der Waals surface area contributed by atoms with E-state index in [-0.39, 0.29) is 11.3 Å². The van der Waals surface area contributed by atoms with Crippen molar-refractivity contribution in [1.29, 1.82) is 0 Å². The Kier molecular flexibility index (Phi) is 3.90. The maximum absolute atomic E-state index is 12.7. The lowest BCUT2D eigenvalue weighted by molar-refractivity contribution is 0.103. The average Bonchev–Trinajstić information content (AvgIpc) is 2.57. The van der Waals surface area contributed by atoms with Crippen molar-refractivity contribution >= 4 is 17.4 Å². The molecule has 0 aliphatic rings. The Balaban J connectivity index is 2.17. The first-order valence-electron chi connectivity index (χ1n) is 6.74. The van der Waals surface area contributed by atoms with Gasteiger partial charge in [-0.05, 0) is 18.2 Å². The van der Waals surface area contributed by atoms with Gasteiger partial charge in [0.25, 0.3) is 5.56 Å². The Morgan fingerprint density at radius 3 is 2.32 bits per heavy atom. The summed E-state index contributed by atoms with van der Waals surface area (Å²) in [5, 5.41) is 0.432. The summed E-state index contributed by atoms with van der Waals surface area (Å²) in [6.07, 6.45) is 1.51. The highest BCUT2D eigenvalue weighted by Gasteiger charge is 2.14. The SMILES string of the molecule is O=C(c1ccccc1)c1ccccc1-n1cc(Cl)ccc1=O. The molecule has 1 heterocycles. The van der Waals surface area contributed by atoms with Crippen molar-refractivity contribution in [3.63, 3.8) is 0 Å². The number of aromatic nitrogens is 1. The van der Waals surface area contributed by atoms with Crippen molar-refractivity contribution in [3.05, 3.63) is 99.4 Å². The quantitative estimate of drug-likeness (QED) is 0.692. The van der Waals surface area contributed by atoms with Crippen LogP contribution in [0.2, 0.25) is 5.02 Å². The van der Waals surface area contributed by atoms with Crippen LogP contribution >= 0.6 is 11.6 Å². The van der Waals surface area contributed by atoms with Gasteiger partial charge in [0, 0.05) is 23.4 Å². The molecule has 0 aliphatic heterocycles. The smallest absolute Gasteiger partial charge is 0.255 e. The van der Waals surface area contributed by atoms with Crippen molar-refractivity contribution < 1.29 is 4.79 Å². The van der Waals surface area contributed by atoms with Gasteiger partial charge in [0.15, 0.2) is 5.78 Å². The van der Waals surface area contributed by atoms with E-state index < -0.39 is 0 Å². The number of rotatable bonds is 3. The van der Waals surface area contributed by atoms with E-state index in [2.05, 4.69) is 0 Å². The topological polar surface area (TPSA) is 39.1 Å². The van der Waals surface area contributed by atoms with Crippen molar-refractivity contribution in [3.8, 4) is 5.69 Å². The van der Waals surface area contributed by atoms with Crippen LogP contribution in [0.15, 0.2) is 77.7 Å². The molecule has 0 saturated carbocycles. The van der Waals surface area contributed by atoms with E-state index >= 15 is 0 Å². The maximum Gasteiger partial charge on any atom is 0.255 e. The van der Waals surface area contributed by atoms with Gasteiger partial charge in [0.1, 0.15) is 0 Å². The summed E-state index contributed by atoms with van der Waals surface area (Å²) in [5.41, 5.74) is 1.31. The number of carbonyl (C=O) groups is 1. The van der Waals surface area contributed by atoms with Crippen LogP contribution in [0.25, 0.3) is 5.69 Å². The first-order chi connectivity index (χ1) is 10.7. The Bertz CT molecular complexity index is 885. The fourth-order valence-corrected chi connectivity index (χ4v) is 2.43. The molecule has 0 spiro atoms. The van der Waals surface area contributed by atoms with Crippen LogP contribution in [0, 0.1) is 0 Å². The maximum atomic E-state index is 12.7. The molecule has 2 aromatic carbocycles. The third kappa shape index (κ3) is 2.71. The molecule has 108 valence electrons. The van der Waals surface area contributed by atoms with Crippen LogP contribution in [0.5, 0.6) is 0 Å².